The van der Waals surface area contributed by atoms with Crippen molar-refractivity contribution >= 4 is 27.3 Å². The van der Waals surface area contributed by atoms with Gasteiger partial charge in [0.05, 0.1) is 31.3 Å². The Labute approximate surface area is 216 Å². The van der Waals surface area contributed by atoms with Crippen molar-refractivity contribution in [2.75, 3.05) is 34.0 Å². The molecule has 2 aromatic rings. The average Bonchev–Trinajstić information content (AvgIpc) is 2.94. The molecule has 0 radical (unpaired) electrons. The number of rotatable bonds is 11. The number of methoxy groups -OCH3 is 2. The van der Waals surface area contributed by atoms with Crippen LogP contribution in [0.5, 0.6) is 11.5 Å². The predicted molar refractivity (Wildman–Crippen MR) is 134 cm³/mol. The molecule has 3 rings (SSSR count). The lowest BCUT2D eigenvalue weighted by molar-refractivity contribution is -0.134. The third kappa shape index (κ3) is 6.30. The molecule has 1 fully saturated rings. The average molecular weight is 534 g/mol. The molecule has 1 saturated heterocycles. The molecule has 1 aliphatic rings. The third-order valence-corrected chi connectivity index (χ3v) is 8.75. The quantitative estimate of drug-likeness (QED) is 0.147. The molecule has 0 spiro atoms. The van der Waals surface area contributed by atoms with Crippen molar-refractivity contribution < 1.29 is 42.2 Å². The molecule has 1 aliphatic heterocycles. The van der Waals surface area contributed by atoms with Crippen molar-refractivity contribution in [3.8, 4) is 11.5 Å². The Hall–Kier alpha value is -3.41. The van der Waals surface area contributed by atoms with Crippen LogP contribution in [0.15, 0.2) is 59.5 Å². The Morgan fingerprint density at radius 3 is 2.22 bits per heavy atom. The molecular formula is C26H31NO9S. The van der Waals surface area contributed by atoms with Gasteiger partial charge in [-0.1, -0.05) is 18.2 Å². The van der Waals surface area contributed by atoms with Crippen LogP contribution in [-0.4, -0.2) is 64.3 Å². The minimum atomic E-state index is -4.10. The summed E-state index contributed by atoms with van der Waals surface area (Å²) in [4.78, 5) is 24.5. The van der Waals surface area contributed by atoms with E-state index in [0.29, 0.717) is 42.1 Å². The largest absolute Gasteiger partial charge is 0.497 e. The van der Waals surface area contributed by atoms with E-state index < -0.39 is 26.5 Å². The van der Waals surface area contributed by atoms with Crippen molar-refractivity contribution in [1.29, 1.82) is 0 Å². The molecule has 10 nitrogen and oxygen atoms in total. The standard InChI is InChI=1S/C26H31NO9S/c1-33-20-8-6-19(7-9-20)23(24(28)34-2)5-3-4-16-36-21-10-12-22(13-11-21)37(31,32)26(25(29)27-30)14-17-35-18-15-26/h5-13,30H,3-4,14-18H2,1-2H3,(H,27,29). The van der Waals surface area contributed by atoms with Gasteiger partial charge in [-0.05, 0) is 67.6 Å². The van der Waals surface area contributed by atoms with Crippen molar-refractivity contribution in [2.45, 2.75) is 35.3 Å². The fraction of sp³-hybridized carbons (Fsp3) is 0.385. The number of allylic oxidation sites excluding steroid dienone is 1. The summed E-state index contributed by atoms with van der Waals surface area (Å²) in [6, 6.07) is 12.9. The molecule has 0 aliphatic carbocycles. The van der Waals surface area contributed by atoms with E-state index in [-0.39, 0.29) is 31.0 Å². The van der Waals surface area contributed by atoms with Crippen LogP contribution in [0.25, 0.3) is 5.57 Å². The molecule has 0 saturated carbocycles. The first kappa shape index (κ1) is 28.2. The highest BCUT2D eigenvalue weighted by atomic mass is 32.2. The molecule has 0 atom stereocenters. The van der Waals surface area contributed by atoms with Gasteiger partial charge in [0.15, 0.2) is 14.6 Å². The molecule has 1 heterocycles. The first-order chi connectivity index (χ1) is 17.8. The first-order valence-corrected chi connectivity index (χ1v) is 13.2. The monoisotopic (exact) mass is 533 g/mol. The highest BCUT2D eigenvalue weighted by molar-refractivity contribution is 7.93. The molecule has 0 bridgehead atoms. The number of hydroxylamine groups is 1. The Kier molecular flexibility index (Phi) is 9.67. The smallest absolute Gasteiger partial charge is 0.338 e. The van der Waals surface area contributed by atoms with Gasteiger partial charge in [-0.15, -0.1) is 0 Å². The molecular weight excluding hydrogens is 502 g/mol. The van der Waals surface area contributed by atoms with Gasteiger partial charge < -0.3 is 18.9 Å². The highest BCUT2D eigenvalue weighted by Gasteiger charge is 2.52. The zero-order valence-electron chi connectivity index (χ0n) is 20.8. The van der Waals surface area contributed by atoms with E-state index in [9.17, 15) is 18.0 Å². The number of sulfone groups is 1. The summed E-state index contributed by atoms with van der Waals surface area (Å²) >= 11 is 0. The summed E-state index contributed by atoms with van der Waals surface area (Å²) in [6.45, 7) is 0.519. The zero-order chi connectivity index (χ0) is 26.9. The minimum absolute atomic E-state index is 0.0458. The molecule has 0 unspecified atom stereocenters. The van der Waals surface area contributed by atoms with Gasteiger partial charge in [0.2, 0.25) is 0 Å². The molecule has 200 valence electrons. The van der Waals surface area contributed by atoms with Crippen molar-refractivity contribution in [1.82, 2.24) is 5.48 Å². The Morgan fingerprint density at radius 2 is 1.65 bits per heavy atom. The molecule has 2 N–H and O–H groups in total. The number of esters is 1. The summed E-state index contributed by atoms with van der Waals surface area (Å²) < 4.78 is 45.8. The maximum Gasteiger partial charge on any atom is 0.338 e. The van der Waals surface area contributed by atoms with Crippen LogP contribution >= 0.6 is 0 Å². The van der Waals surface area contributed by atoms with Crippen LogP contribution in [-0.2, 0) is 28.9 Å². The maximum atomic E-state index is 13.3. The van der Waals surface area contributed by atoms with E-state index >= 15 is 0 Å². The zero-order valence-corrected chi connectivity index (χ0v) is 21.6. The van der Waals surface area contributed by atoms with E-state index in [0.717, 1.165) is 0 Å². The lowest BCUT2D eigenvalue weighted by Crippen LogP contribution is -2.54. The molecule has 11 heteroatoms. The number of hydrogen-bond acceptors (Lipinski definition) is 9. The van der Waals surface area contributed by atoms with Crippen LogP contribution in [0.3, 0.4) is 0 Å². The van der Waals surface area contributed by atoms with E-state index in [1.54, 1.807) is 37.5 Å². The van der Waals surface area contributed by atoms with Crippen molar-refractivity contribution in [3.63, 3.8) is 0 Å². The van der Waals surface area contributed by atoms with Gasteiger partial charge in [-0.2, -0.15) is 0 Å². The van der Waals surface area contributed by atoms with Crippen LogP contribution in [0.1, 0.15) is 31.2 Å². The second kappa shape index (κ2) is 12.7. The van der Waals surface area contributed by atoms with Gasteiger partial charge in [-0.25, -0.2) is 18.7 Å². The summed E-state index contributed by atoms with van der Waals surface area (Å²) in [5, 5.41) is 9.15. The van der Waals surface area contributed by atoms with Gasteiger partial charge in [0.25, 0.3) is 5.91 Å². The second-order valence-corrected chi connectivity index (χ2v) is 10.6. The SMILES string of the molecule is COC(=O)C(=CCCCOc1ccc(S(=O)(=O)C2(C(=O)NO)CCOCC2)cc1)c1ccc(OC)cc1. The topological polar surface area (TPSA) is 137 Å². The van der Waals surface area contributed by atoms with Crippen LogP contribution < -0.4 is 15.0 Å². The number of ether oxygens (including phenoxy) is 4. The Bertz CT molecular complexity index is 1200. The summed E-state index contributed by atoms with van der Waals surface area (Å²) in [7, 11) is -1.21. The molecule has 0 aromatic heterocycles. The Morgan fingerprint density at radius 1 is 1.03 bits per heavy atom. The van der Waals surface area contributed by atoms with Gasteiger partial charge in [0.1, 0.15) is 11.5 Å². The van der Waals surface area contributed by atoms with E-state index in [2.05, 4.69) is 0 Å². The highest BCUT2D eigenvalue weighted by Crippen LogP contribution is 2.35. The van der Waals surface area contributed by atoms with Crippen molar-refractivity contribution in [2.24, 2.45) is 0 Å². The molecule has 1 amide bonds. The van der Waals surface area contributed by atoms with Crippen LogP contribution in [0.2, 0.25) is 0 Å². The number of unbranched alkanes of at least 4 members (excludes halogenated alkanes) is 1. The van der Waals surface area contributed by atoms with E-state index in [4.69, 9.17) is 24.2 Å². The maximum absolute atomic E-state index is 13.3. The number of carbonyl (C=O) groups is 2. The third-order valence-electron chi connectivity index (χ3n) is 6.24. The van der Waals surface area contributed by atoms with Gasteiger partial charge in [0, 0.05) is 13.2 Å². The van der Waals surface area contributed by atoms with E-state index in [1.165, 1.54) is 36.9 Å². The fourth-order valence-corrected chi connectivity index (χ4v) is 6.02. The lowest BCUT2D eigenvalue weighted by Gasteiger charge is -2.34. The summed E-state index contributed by atoms with van der Waals surface area (Å²) in [5.74, 6) is -0.274. The van der Waals surface area contributed by atoms with Crippen molar-refractivity contribution in [3.05, 3.63) is 60.2 Å². The van der Waals surface area contributed by atoms with Gasteiger partial charge in [-0.3, -0.25) is 10.0 Å². The molecule has 37 heavy (non-hydrogen) atoms. The summed E-state index contributed by atoms with van der Waals surface area (Å²) in [6.07, 6.45) is 2.81. The van der Waals surface area contributed by atoms with E-state index in [1.807, 2.05) is 0 Å². The van der Waals surface area contributed by atoms with Gasteiger partial charge >= 0.3 is 5.97 Å². The number of nitrogens with one attached hydrogen (secondary N) is 1. The fourth-order valence-electron chi connectivity index (χ4n) is 4.08. The number of carbonyl (C=O) groups excluding carboxylic acids is 2. The van der Waals surface area contributed by atoms with Crippen LogP contribution in [0, 0.1) is 0 Å². The minimum Gasteiger partial charge on any atom is -0.497 e. The predicted octanol–water partition coefficient (Wildman–Crippen LogP) is 2.94. The number of hydrogen-bond donors (Lipinski definition) is 2. The second-order valence-electron chi connectivity index (χ2n) is 8.35. The number of amides is 1. The number of benzene rings is 2. The normalized spacial score (nSPS) is 15.5. The Balaban J connectivity index is 1.62. The van der Waals surface area contributed by atoms with Crippen LogP contribution in [0.4, 0.5) is 0 Å². The molecule has 2 aromatic carbocycles. The first-order valence-electron chi connectivity index (χ1n) is 11.7. The lowest BCUT2D eigenvalue weighted by atomic mass is 9.98. The summed E-state index contributed by atoms with van der Waals surface area (Å²) in [5.41, 5.74) is 2.65.